The maximum atomic E-state index is 12.7. The molecule has 0 atom stereocenters. The van der Waals surface area contributed by atoms with Crippen LogP contribution in [0.15, 0.2) is 23.2 Å². The molecule has 0 aliphatic heterocycles. The van der Waals surface area contributed by atoms with Gasteiger partial charge in [-0.1, -0.05) is 23.2 Å². The van der Waals surface area contributed by atoms with Crippen molar-refractivity contribution < 1.29 is 31.1 Å². The lowest BCUT2D eigenvalue weighted by Gasteiger charge is -2.12. The first-order valence-corrected chi connectivity index (χ1v) is 7.80. The lowest BCUT2D eigenvalue weighted by atomic mass is 10.2. The summed E-state index contributed by atoms with van der Waals surface area (Å²) < 4.78 is 76.7. The average molecular weight is 423 g/mol. The average Bonchev–Trinajstić information content (AvgIpc) is 2.78. The van der Waals surface area contributed by atoms with Crippen LogP contribution >= 0.6 is 35.0 Å². The van der Waals surface area contributed by atoms with Crippen LogP contribution < -0.4 is 0 Å². The molecular weight excluding hydrogens is 417 g/mol. The zero-order chi connectivity index (χ0) is 19.2. The van der Waals surface area contributed by atoms with Crippen LogP contribution in [0.25, 0.3) is 5.69 Å². The van der Waals surface area contributed by atoms with E-state index in [1.165, 1.54) is 0 Å². The number of nitrogens with zero attached hydrogens (tertiary/aromatic N) is 2. The number of Topliss-reactive ketones (excluding diaryl/α,β-unsaturated/α-hetero) is 1. The van der Waals surface area contributed by atoms with Gasteiger partial charge in [0.1, 0.15) is 11.4 Å². The Morgan fingerprint density at radius 2 is 1.64 bits per heavy atom. The van der Waals surface area contributed by atoms with Crippen molar-refractivity contribution >= 4 is 40.7 Å². The predicted molar refractivity (Wildman–Crippen MR) is 80.5 cm³/mol. The van der Waals surface area contributed by atoms with Crippen molar-refractivity contribution in [2.45, 2.75) is 23.5 Å². The Kier molecular flexibility index (Phi) is 5.36. The summed E-state index contributed by atoms with van der Waals surface area (Å²) in [6, 6.07) is 1.13. The van der Waals surface area contributed by atoms with Gasteiger partial charge in [0.2, 0.25) is 0 Å². The van der Waals surface area contributed by atoms with Gasteiger partial charge in [-0.3, -0.25) is 4.79 Å². The van der Waals surface area contributed by atoms with E-state index in [0.29, 0.717) is 12.1 Å². The highest BCUT2D eigenvalue weighted by molar-refractivity contribution is 8.00. The minimum absolute atomic E-state index is 0.271. The number of alkyl halides is 6. The van der Waals surface area contributed by atoms with Gasteiger partial charge in [-0.05, 0) is 23.9 Å². The minimum atomic E-state index is -4.71. The molecule has 2 aromatic rings. The number of aromatic nitrogens is 2. The van der Waals surface area contributed by atoms with E-state index >= 15 is 0 Å². The lowest BCUT2D eigenvalue weighted by Crippen LogP contribution is -2.07. The van der Waals surface area contributed by atoms with Crippen molar-refractivity contribution in [2.75, 3.05) is 0 Å². The molecule has 0 fully saturated rings. The monoisotopic (exact) mass is 422 g/mol. The van der Waals surface area contributed by atoms with Gasteiger partial charge in [0.25, 0.3) is 0 Å². The number of halogens is 8. The molecule has 0 bridgehead atoms. The number of carbonyl (C=O) groups excluding carboxylic acids is 1. The Morgan fingerprint density at radius 1 is 1.12 bits per heavy atom. The van der Waals surface area contributed by atoms with Gasteiger partial charge in [0.15, 0.2) is 5.78 Å². The molecular formula is C13H6Cl2F6N2OS. The minimum Gasteiger partial charge on any atom is -0.293 e. The maximum Gasteiger partial charge on any atom is 0.446 e. The number of carbonyl (C=O) groups is 1. The molecule has 1 heterocycles. The third-order valence-corrected chi connectivity index (χ3v) is 4.14. The van der Waals surface area contributed by atoms with Crippen LogP contribution in [0, 0.1) is 0 Å². The summed E-state index contributed by atoms with van der Waals surface area (Å²) in [7, 11) is 0. The van der Waals surface area contributed by atoms with Crippen molar-refractivity contribution in [1.29, 1.82) is 0 Å². The van der Waals surface area contributed by atoms with Crippen molar-refractivity contribution in [3.8, 4) is 5.69 Å². The number of hydrogen-bond donors (Lipinski definition) is 0. The molecule has 1 aromatic heterocycles. The molecule has 0 unspecified atom stereocenters. The van der Waals surface area contributed by atoms with E-state index in [2.05, 4.69) is 5.10 Å². The second kappa shape index (κ2) is 6.73. The normalized spacial score (nSPS) is 12.5. The highest BCUT2D eigenvalue weighted by Gasteiger charge is 2.34. The fourth-order valence-corrected chi connectivity index (χ4v) is 3.21. The lowest BCUT2D eigenvalue weighted by molar-refractivity contribution is -0.137. The highest BCUT2D eigenvalue weighted by atomic mass is 35.5. The molecule has 136 valence electrons. The summed E-state index contributed by atoms with van der Waals surface area (Å²) in [6.07, 6.45) is -3.88. The zero-order valence-electron chi connectivity index (χ0n) is 12.0. The first-order valence-electron chi connectivity index (χ1n) is 6.22. The number of hydrogen-bond acceptors (Lipinski definition) is 3. The zero-order valence-corrected chi connectivity index (χ0v) is 14.3. The Bertz CT molecular complexity index is 808. The molecule has 0 saturated carbocycles. The van der Waals surface area contributed by atoms with E-state index in [-0.39, 0.29) is 5.69 Å². The summed E-state index contributed by atoms with van der Waals surface area (Å²) in [5, 5.41) is 2.70. The number of ketones is 1. The van der Waals surface area contributed by atoms with E-state index < -0.39 is 55.4 Å². The van der Waals surface area contributed by atoms with Crippen LogP contribution in [0.2, 0.25) is 10.0 Å². The molecule has 3 nitrogen and oxygen atoms in total. The summed E-state index contributed by atoms with van der Waals surface area (Å²) >= 11 is 11.0. The highest BCUT2D eigenvalue weighted by Crippen LogP contribution is 2.41. The number of rotatable bonds is 3. The summed E-state index contributed by atoms with van der Waals surface area (Å²) in [6.45, 7) is 1.00. The Morgan fingerprint density at radius 3 is 2.04 bits per heavy atom. The molecule has 12 heteroatoms. The molecule has 2 rings (SSSR count). The van der Waals surface area contributed by atoms with Gasteiger partial charge < -0.3 is 0 Å². The largest absolute Gasteiger partial charge is 0.446 e. The molecule has 25 heavy (non-hydrogen) atoms. The summed E-state index contributed by atoms with van der Waals surface area (Å²) in [5.74, 6) is -0.760. The van der Waals surface area contributed by atoms with Gasteiger partial charge in [-0.2, -0.15) is 31.4 Å². The van der Waals surface area contributed by atoms with Crippen LogP contribution in [-0.2, 0) is 6.18 Å². The van der Waals surface area contributed by atoms with Crippen LogP contribution in [0.3, 0.4) is 0 Å². The van der Waals surface area contributed by atoms with Gasteiger partial charge in [0.05, 0.1) is 20.5 Å². The molecule has 0 saturated heterocycles. The topological polar surface area (TPSA) is 34.9 Å². The van der Waals surface area contributed by atoms with Crippen molar-refractivity contribution in [3.63, 3.8) is 0 Å². The molecule has 1 aromatic carbocycles. The van der Waals surface area contributed by atoms with E-state index in [1.54, 1.807) is 0 Å². The van der Waals surface area contributed by atoms with Crippen molar-refractivity contribution in [2.24, 2.45) is 0 Å². The second-order valence-corrected chi connectivity index (χ2v) is 6.60. The molecule has 0 amide bonds. The van der Waals surface area contributed by atoms with E-state index in [4.69, 9.17) is 23.2 Å². The third-order valence-electron chi connectivity index (χ3n) is 2.81. The fourth-order valence-electron chi connectivity index (χ4n) is 1.86. The summed E-state index contributed by atoms with van der Waals surface area (Å²) in [5.41, 5.74) is -6.59. The van der Waals surface area contributed by atoms with Crippen molar-refractivity contribution in [1.82, 2.24) is 9.78 Å². The van der Waals surface area contributed by atoms with Gasteiger partial charge >= 0.3 is 11.7 Å². The van der Waals surface area contributed by atoms with Crippen LogP contribution in [0.4, 0.5) is 26.3 Å². The Hall–Kier alpha value is -1.39. The van der Waals surface area contributed by atoms with Gasteiger partial charge in [0, 0.05) is 13.1 Å². The first kappa shape index (κ1) is 19.9. The standard InChI is InChI=1S/C13H6Cl2F6N2OS/c1-5(24)10-9(25-13(19,20)21)4-23(22-10)11-7(14)2-6(3-8(11)15)12(16,17)18/h2-4H,1H3. The van der Waals surface area contributed by atoms with Gasteiger partial charge in [-0.15, -0.1) is 0 Å². The SMILES string of the molecule is CC(=O)c1nn(-c2c(Cl)cc(C(F)(F)F)cc2Cl)cc1SC(F)(F)F. The number of benzene rings is 1. The smallest absolute Gasteiger partial charge is 0.293 e. The van der Waals surface area contributed by atoms with Crippen LogP contribution in [-0.4, -0.2) is 21.1 Å². The number of thioether (sulfide) groups is 1. The maximum absolute atomic E-state index is 12.7. The molecule has 0 spiro atoms. The predicted octanol–water partition coefficient (Wildman–Crippen LogP) is 6.01. The van der Waals surface area contributed by atoms with Gasteiger partial charge in [-0.25, -0.2) is 4.68 Å². The quantitative estimate of drug-likeness (QED) is 0.345. The first-order chi connectivity index (χ1) is 11.3. The summed E-state index contributed by atoms with van der Waals surface area (Å²) in [4.78, 5) is 11.0. The van der Waals surface area contributed by atoms with E-state index in [0.717, 1.165) is 17.8 Å². The Labute approximate surface area is 150 Å². The third kappa shape index (κ3) is 4.62. The van der Waals surface area contributed by atoms with Crippen LogP contribution in [0.5, 0.6) is 0 Å². The van der Waals surface area contributed by atoms with Crippen LogP contribution in [0.1, 0.15) is 23.0 Å². The van der Waals surface area contributed by atoms with Crippen molar-refractivity contribution in [3.05, 3.63) is 39.6 Å². The fraction of sp³-hybridized carbons (Fsp3) is 0.231. The van der Waals surface area contributed by atoms with E-state index in [9.17, 15) is 31.1 Å². The van der Waals surface area contributed by atoms with E-state index in [1.807, 2.05) is 0 Å². The second-order valence-electron chi connectivity index (χ2n) is 4.68. The molecule has 0 N–H and O–H groups in total. The Balaban J connectivity index is 2.60. The molecule has 0 aliphatic carbocycles. The molecule has 0 aliphatic rings. The molecule has 0 radical (unpaired) electrons.